The van der Waals surface area contributed by atoms with Gasteiger partial charge in [-0.1, -0.05) is 0 Å². The fraction of sp³-hybridized carbons (Fsp3) is 0.200. The molecule has 17 heavy (non-hydrogen) atoms. The minimum Gasteiger partial charge on any atom is -0.465 e. The Hall–Kier alpha value is -2.46. The summed E-state index contributed by atoms with van der Waals surface area (Å²) in [6.45, 7) is -0.726. The molecule has 0 radical (unpaired) electrons. The zero-order valence-corrected chi connectivity index (χ0v) is 8.84. The number of esters is 1. The standard InChI is InChI=1S/C10H8N2O5/c1-17-10(14)7-3-2-6(4-11)9(12(15)16)8(7)5-13/h2-3,13H,5H2,1H3. The van der Waals surface area contributed by atoms with Crippen LogP contribution in [0, 0.1) is 21.4 Å². The lowest BCUT2D eigenvalue weighted by Gasteiger charge is -2.06. The lowest BCUT2D eigenvalue weighted by Crippen LogP contribution is -2.09. The van der Waals surface area contributed by atoms with Crippen LogP contribution in [0.25, 0.3) is 0 Å². The molecule has 0 fully saturated rings. The molecule has 0 amide bonds. The number of carbonyl (C=O) groups excluding carboxylic acids is 1. The van der Waals surface area contributed by atoms with Crippen molar-refractivity contribution in [3.05, 3.63) is 38.9 Å². The molecule has 0 spiro atoms. The Kier molecular flexibility index (Phi) is 3.74. The van der Waals surface area contributed by atoms with Crippen molar-refractivity contribution < 1.29 is 19.6 Å². The summed E-state index contributed by atoms with van der Waals surface area (Å²) in [5.41, 5.74) is -1.13. The van der Waals surface area contributed by atoms with E-state index in [0.29, 0.717) is 0 Å². The molecule has 7 heteroatoms. The van der Waals surface area contributed by atoms with Crippen LogP contribution in [-0.4, -0.2) is 23.1 Å². The first-order valence-electron chi connectivity index (χ1n) is 4.46. The van der Waals surface area contributed by atoms with Crippen molar-refractivity contribution in [3.63, 3.8) is 0 Å². The minimum atomic E-state index is -0.809. The number of methoxy groups -OCH3 is 1. The van der Waals surface area contributed by atoms with Crippen LogP contribution in [0.15, 0.2) is 12.1 Å². The molecule has 1 aromatic carbocycles. The van der Waals surface area contributed by atoms with E-state index >= 15 is 0 Å². The van der Waals surface area contributed by atoms with Gasteiger partial charge < -0.3 is 9.84 Å². The van der Waals surface area contributed by atoms with Crippen LogP contribution in [-0.2, 0) is 11.3 Å². The summed E-state index contributed by atoms with van der Waals surface area (Å²) in [5, 5.41) is 28.6. The molecule has 0 aliphatic carbocycles. The molecule has 1 N–H and O–H groups in total. The Morgan fingerprint density at radius 1 is 1.65 bits per heavy atom. The van der Waals surface area contributed by atoms with E-state index in [0.717, 1.165) is 13.2 Å². The van der Waals surface area contributed by atoms with Gasteiger partial charge in [0.1, 0.15) is 11.6 Å². The molecule has 88 valence electrons. The number of aliphatic hydroxyl groups excluding tert-OH is 1. The van der Waals surface area contributed by atoms with Crippen LogP contribution >= 0.6 is 0 Å². The average molecular weight is 236 g/mol. The second kappa shape index (κ2) is 5.05. The Bertz CT molecular complexity index is 518. The third-order valence-corrected chi connectivity index (χ3v) is 2.15. The molecule has 1 rings (SSSR count). The largest absolute Gasteiger partial charge is 0.465 e. The van der Waals surface area contributed by atoms with E-state index in [1.165, 1.54) is 6.07 Å². The zero-order chi connectivity index (χ0) is 13.0. The fourth-order valence-electron chi connectivity index (χ4n) is 1.40. The quantitative estimate of drug-likeness (QED) is 0.470. The van der Waals surface area contributed by atoms with Gasteiger partial charge in [0.2, 0.25) is 0 Å². The monoisotopic (exact) mass is 236 g/mol. The molecule has 0 aromatic heterocycles. The van der Waals surface area contributed by atoms with Crippen molar-refractivity contribution in [3.8, 4) is 6.07 Å². The number of rotatable bonds is 3. The van der Waals surface area contributed by atoms with E-state index in [2.05, 4.69) is 4.74 Å². The highest BCUT2D eigenvalue weighted by molar-refractivity contribution is 5.92. The summed E-state index contributed by atoms with van der Waals surface area (Å²) in [6.07, 6.45) is 0. The number of aliphatic hydroxyl groups is 1. The van der Waals surface area contributed by atoms with Crippen LogP contribution in [0.3, 0.4) is 0 Å². The maximum absolute atomic E-state index is 11.3. The van der Waals surface area contributed by atoms with Gasteiger partial charge in [-0.3, -0.25) is 10.1 Å². The van der Waals surface area contributed by atoms with E-state index in [1.807, 2.05) is 0 Å². The summed E-state index contributed by atoms with van der Waals surface area (Å²) in [5.74, 6) is -0.804. The highest BCUT2D eigenvalue weighted by atomic mass is 16.6. The number of nitrogens with zero attached hydrogens (tertiary/aromatic N) is 2. The van der Waals surface area contributed by atoms with Crippen LogP contribution in [0.2, 0.25) is 0 Å². The highest BCUT2D eigenvalue weighted by Crippen LogP contribution is 2.27. The number of ether oxygens (including phenoxy) is 1. The normalized spacial score (nSPS) is 9.47. The van der Waals surface area contributed by atoms with Crippen LogP contribution < -0.4 is 0 Å². The van der Waals surface area contributed by atoms with Gasteiger partial charge in [-0.2, -0.15) is 5.26 Å². The number of hydrogen-bond donors (Lipinski definition) is 1. The predicted molar refractivity (Wildman–Crippen MR) is 55.1 cm³/mol. The van der Waals surface area contributed by atoms with Gasteiger partial charge in [0, 0.05) is 0 Å². The lowest BCUT2D eigenvalue weighted by molar-refractivity contribution is -0.386. The molecule has 0 aliphatic rings. The number of nitro benzene ring substituents is 1. The van der Waals surface area contributed by atoms with Crippen molar-refractivity contribution in [2.45, 2.75) is 6.61 Å². The van der Waals surface area contributed by atoms with Crippen LogP contribution in [0.5, 0.6) is 0 Å². The molecular formula is C10H8N2O5. The Labute approximate surface area is 96.0 Å². The van der Waals surface area contributed by atoms with Gasteiger partial charge in [-0.05, 0) is 12.1 Å². The Morgan fingerprint density at radius 2 is 2.29 bits per heavy atom. The third-order valence-electron chi connectivity index (χ3n) is 2.15. The molecule has 0 aliphatic heterocycles. The third kappa shape index (κ3) is 2.21. The summed E-state index contributed by atoms with van der Waals surface area (Å²) in [4.78, 5) is 21.3. The van der Waals surface area contributed by atoms with Crippen molar-refractivity contribution in [1.82, 2.24) is 0 Å². The molecular weight excluding hydrogens is 228 g/mol. The first-order chi connectivity index (χ1) is 8.06. The number of nitriles is 1. The summed E-state index contributed by atoms with van der Waals surface area (Å²) in [7, 11) is 1.12. The van der Waals surface area contributed by atoms with Gasteiger partial charge in [0.15, 0.2) is 0 Å². The molecule has 0 heterocycles. The van der Waals surface area contributed by atoms with Gasteiger partial charge >= 0.3 is 5.97 Å². The first-order valence-corrected chi connectivity index (χ1v) is 4.46. The molecule has 1 aromatic rings. The number of hydrogen-bond acceptors (Lipinski definition) is 6. The smallest absolute Gasteiger partial charge is 0.338 e. The molecule has 0 saturated heterocycles. The SMILES string of the molecule is COC(=O)c1ccc(C#N)c([N+](=O)[O-])c1CO. The van der Waals surface area contributed by atoms with Crippen LogP contribution in [0.4, 0.5) is 5.69 Å². The maximum Gasteiger partial charge on any atom is 0.338 e. The zero-order valence-electron chi connectivity index (χ0n) is 8.84. The van der Waals surface area contributed by atoms with E-state index in [4.69, 9.17) is 10.4 Å². The van der Waals surface area contributed by atoms with E-state index in [9.17, 15) is 14.9 Å². The maximum atomic E-state index is 11.3. The number of nitro groups is 1. The topological polar surface area (TPSA) is 113 Å². The van der Waals surface area contributed by atoms with Crippen molar-refractivity contribution >= 4 is 11.7 Å². The van der Waals surface area contributed by atoms with Gasteiger partial charge in [0.05, 0.1) is 29.8 Å². The minimum absolute atomic E-state index is 0.124. The van der Waals surface area contributed by atoms with Gasteiger partial charge in [0.25, 0.3) is 5.69 Å². The van der Waals surface area contributed by atoms with Crippen LogP contribution in [0.1, 0.15) is 21.5 Å². The number of carbonyl (C=O) groups is 1. The molecule has 0 bridgehead atoms. The molecule has 7 nitrogen and oxygen atoms in total. The summed E-state index contributed by atoms with van der Waals surface area (Å²) < 4.78 is 4.43. The first kappa shape index (κ1) is 12.6. The highest BCUT2D eigenvalue weighted by Gasteiger charge is 2.25. The second-order valence-corrected chi connectivity index (χ2v) is 3.01. The van der Waals surface area contributed by atoms with Gasteiger partial charge in [-0.15, -0.1) is 0 Å². The molecule has 0 unspecified atom stereocenters. The molecule has 0 saturated carbocycles. The second-order valence-electron chi connectivity index (χ2n) is 3.01. The Morgan fingerprint density at radius 3 is 2.71 bits per heavy atom. The molecule has 0 atom stereocenters. The Balaban J connectivity index is 3.59. The van der Waals surface area contributed by atoms with Gasteiger partial charge in [-0.25, -0.2) is 4.79 Å². The predicted octanol–water partition coefficient (Wildman–Crippen LogP) is 0.745. The van der Waals surface area contributed by atoms with E-state index in [1.54, 1.807) is 6.07 Å². The van der Waals surface area contributed by atoms with Crippen molar-refractivity contribution in [1.29, 1.82) is 5.26 Å². The lowest BCUT2D eigenvalue weighted by atomic mass is 10.0. The summed E-state index contributed by atoms with van der Waals surface area (Å²) in [6, 6.07) is 3.98. The van der Waals surface area contributed by atoms with Crippen molar-refractivity contribution in [2.75, 3.05) is 7.11 Å². The van der Waals surface area contributed by atoms with E-state index < -0.39 is 23.2 Å². The fourth-order valence-corrected chi connectivity index (χ4v) is 1.40. The summed E-state index contributed by atoms with van der Waals surface area (Å²) >= 11 is 0. The average Bonchev–Trinajstić information content (AvgIpc) is 2.35. The van der Waals surface area contributed by atoms with Crippen molar-refractivity contribution in [2.24, 2.45) is 0 Å². The van der Waals surface area contributed by atoms with E-state index in [-0.39, 0.29) is 16.7 Å². The number of benzene rings is 1.